The number of aliphatic imine (C=N–C) groups is 1. The van der Waals surface area contributed by atoms with Gasteiger partial charge >= 0.3 is 0 Å². The van der Waals surface area contributed by atoms with Crippen LogP contribution < -0.4 is 16.5 Å². The first kappa shape index (κ1) is 20.1. The maximum atomic E-state index is 12.4. The molecule has 0 saturated carbocycles. The molecule has 1 aromatic rings. The number of hydrogen-bond donors (Lipinski definition) is 4. The fourth-order valence-electron chi connectivity index (χ4n) is 2.38. The van der Waals surface area contributed by atoms with Crippen molar-refractivity contribution in [1.82, 2.24) is 10.8 Å². The quantitative estimate of drug-likeness (QED) is 0.254. The first-order valence-corrected chi connectivity index (χ1v) is 8.34. The van der Waals surface area contributed by atoms with E-state index in [0.717, 1.165) is 24.0 Å². The molecule has 1 rings (SSSR count). The van der Waals surface area contributed by atoms with Crippen molar-refractivity contribution in [3.05, 3.63) is 35.4 Å². The molecule has 2 unspecified atom stereocenters. The Morgan fingerprint density at radius 1 is 1.42 bits per heavy atom. The van der Waals surface area contributed by atoms with Crippen LogP contribution in [0.4, 0.5) is 0 Å². The summed E-state index contributed by atoms with van der Waals surface area (Å²) in [5.41, 5.74) is 9.50. The second-order valence-corrected chi connectivity index (χ2v) is 6.56. The van der Waals surface area contributed by atoms with Crippen LogP contribution in [0.5, 0.6) is 0 Å². The van der Waals surface area contributed by atoms with Crippen LogP contribution in [-0.4, -0.2) is 29.0 Å². The lowest BCUT2D eigenvalue weighted by molar-refractivity contribution is -0.126. The van der Waals surface area contributed by atoms with E-state index in [2.05, 4.69) is 16.4 Å². The fourth-order valence-corrected chi connectivity index (χ4v) is 2.38. The van der Waals surface area contributed by atoms with Crippen LogP contribution in [0.25, 0.3) is 0 Å². The highest BCUT2D eigenvalue weighted by Crippen LogP contribution is 2.17. The maximum absolute atomic E-state index is 12.4. The highest BCUT2D eigenvalue weighted by Gasteiger charge is 2.28. The number of aryl methyl sites for hydroxylation is 1. The predicted molar refractivity (Wildman–Crippen MR) is 97.1 cm³/mol. The number of nitrogens with zero attached hydrogens (tertiary/aromatic N) is 1. The topological polar surface area (TPSA) is 99.7 Å². The number of nitrogens with two attached hydrogens (primary N) is 1. The lowest BCUT2D eigenvalue weighted by Gasteiger charge is -2.26. The zero-order valence-corrected chi connectivity index (χ0v) is 15.1. The van der Waals surface area contributed by atoms with Crippen LogP contribution in [0.1, 0.15) is 57.2 Å². The minimum absolute atomic E-state index is 0.0804. The molecule has 1 aromatic carbocycles. The van der Waals surface area contributed by atoms with Gasteiger partial charge in [-0.1, -0.05) is 29.8 Å². The normalized spacial score (nSPS) is 15.5. The number of benzene rings is 1. The van der Waals surface area contributed by atoms with E-state index in [1.54, 1.807) is 13.8 Å². The Hall–Kier alpha value is -1.92. The molecule has 1 amide bonds. The summed E-state index contributed by atoms with van der Waals surface area (Å²) in [6.45, 7) is 8.03. The standard InChI is InChI=1S/C18H30N4O2/c1-13-8-7-9-16(12-13)14(2)21-17(23)18(4,19)10-5-6-11-20-15(3)22-24/h7-9,12,14,24H,5-6,10-11,19H2,1-4H3,(H,20,22)(H,21,23). The zero-order chi connectivity index (χ0) is 18.2. The van der Waals surface area contributed by atoms with E-state index in [9.17, 15) is 4.79 Å². The molecule has 134 valence electrons. The number of hydrogen-bond acceptors (Lipinski definition) is 4. The van der Waals surface area contributed by atoms with Gasteiger partial charge in [0.15, 0.2) is 0 Å². The average Bonchev–Trinajstić information content (AvgIpc) is 2.54. The average molecular weight is 334 g/mol. The van der Waals surface area contributed by atoms with Crippen LogP contribution in [0, 0.1) is 6.92 Å². The molecule has 0 heterocycles. The third-order valence-electron chi connectivity index (χ3n) is 4.02. The minimum atomic E-state index is -0.911. The van der Waals surface area contributed by atoms with Crippen LogP contribution in [-0.2, 0) is 4.79 Å². The van der Waals surface area contributed by atoms with Gasteiger partial charge in [-0.15, -0.1) is 0 Å². The summed E-state index contributed by atoms with van der Waals surface area (Å²) in [6, 6.07) is 8.00. The number of unbranched alkanes of at least 4 members (excludes halogenated alkanes) is 1. The first-order valence-electron chi connectivity index (χ1n) is 8.34. The van der Waals surface area contributed by atoms with E-state index < -0.39 is 5.54 Å². The van der Waals surface area contributed by atoms with Crippen molar-refractivity contribution in [2.75, 3.05) is 6.54 Å². The second kappa shape index (κ2) is 9.39. The van der Waals surface area contributed by atoms with Gasteiger partial charge in [0, 0.05) is 6.54 Å². The molecule has 2 atom stereocenters. The fraction of sp³-hybridized carbons (Fsp3) is 0.556. The number of rotatable bonds is 8. The Kier molecular flexibility index (Phi) is 7.88. The van der Waals surface area contributed by atoms with Gasteiger partial charge in [0.1, 0.15) is 5.84 Å². The van der Waals surface area contributed by atoms with Gasteiger partial charge in [-0.25, -0.2) is 0 Å². The Balaban J connectivity index is 2.47. The van der Waals surface area contributed by atoms with Gasteiger partial charge in [0.05, 0.1) is 11.6 Å². The Morgan fingerprint density at radius 3 is 2.75 bits per heavy atom. The Bertz CT molecular complexity index is 570. The van der Waals surface area contributed by atoms with E-state index in [-0.39, 0.29) is 11.9 Å². The number of amides is 1. The summed E-state index contributed by atoms with van der Waals surface area (Å²) in [4.78, 5) is 16.6. The van der Waals surface area contributed by atoms with Crippen LogP contribution in [0.15, 0.2) is 29.3 Å². The molecule has 0 radical (unpaired) electrons. The first-order chi connectivity index (χ1) is 11.3. The molecule has 0 aliphatic rings. The van der Waals surface area contributed by atoms with Crippen LogP contribution in [0.2, 0.25) is 0 Å². The van der Waals surface area contributed by atoms with E-state index >= 15 is 0 Å². The molecule has 0 aliphatic heterocycles. The minimum Gasteiger partial charge on any atom is -0.348 e. The van der Waals surface area contributed by atoms with Crippen molar-refractivity contribution >= 4 is 11.7 Å². The van der Waals surface area contributed by atoms with Gasteiger partial charge in [0.25, 0.3) is 0 Å². The number of amidine groups is 1. The number of hydroxylamine groups is 1. The van der Waals surface area contributed by atoms with Crippen molar-refractivity contribution in [3.8, 4) is 0 Å². The van der Waals surface area contributed by atoms with Gasteiger partial charge in [0.2, 0.25) is 5.91 Å². The Morgan fingerprint density at radius 2 is 2.12 bits per heavy atom. The molecular weight excluding hydrogens is 304 g/mol. The molecule has 0 spiro atoms. The predicted octanol–water partition coefficient (Wildman–Crippen LogP) is 2.46. The number of carbonyl (C=O) groups excluding carboxylic acids is 1. The molecule has 6 nitrogen and oxygen atoms in total. The van der Waals surface area contributed by atoms with Crippen molar-refractivity contribution in [2.45, 2.75) is 58.5 Å². The van der Waals surface area contributed by atoms with Gasteiger partial charge in [-0.3, -0.25) is 20.5 Å². The van der Waals surface area contributed by atoms with Gasteiger partial charge in [-0.2, -0.15) is 0 Å². The number of carbonyl (C=O) groups is 1. The summed E-state index contributed by atoms with van der Waals surface area (Å²) in [5, 5.41) is 11.6. The van der Waals surface area contributed by atoms with E-state index in [0.29, 0.717) is 18.8 Å². The summed E-state index contributed by atoms with van der Waals surface area (Å²) in [6.07, 6.45) is 2.19. The van der Waals surface area contributed by atoms with Crippen LogP contribution >= 0.6 is 0 Å². The lowest BCUT2D eigenvalue weighted by Crippen LogP contribution is -2.52. The molecule has 5 N–H and O–H groups in total. The molecule has 6 heteroatoms. The van der Waals surface area contributed by atoms with Crippen LogP contribution in [0.3, 0.4) is 0 Å². The summed E-state index contributed by atoms with van der Waals surface area (Å²) >= 11 is 0. The molecular formula is C18H30N4O2. The summed E-state index contributed by atoms with van der Waals surface area (Å²) in [5.74, 6) is 0.337. The van der Waals surface area contributed by atoms with E-state index in [1.807, 2.05) is 37.5 Å². The number of nitrogens with one attached hydrogen (secondary N) is 2. The zero-order valence-electron chi connectivity index (χ0n) is 15.1. The molecule has 0 bridgehead atoms. The monoisotopic (exact) mass is 334 g/mol. The smallest absolute Gasteiger partial charge is 0.240 e. The second-order valence-electron chi connectivity index (χ2n) is 6.56. The summed E-state index contributed by atoms with van der Waals surface area (Å²) in [7, 11) is 0. The summed E-state index contributed by atoms with van der Waals surface area (Å²) < 4.78 is 0. The van der Waals surface area contributed by atoms with E-state index in [1.165, 1.54) is 0 Å². The molecule has 0 saturated heterocycles. The lowest BCUT2D eigenvalue weighted by atomic mass is 9.94. The highest BCUT2D eigenvalue weighted by molar-refractivity contribution is 5.85. The highest BCUT2D eigenvalue weighted by atomic mass is 16.5. The van der Waals surface area contributed by atoms with Crippen molar-refractivity contribution in [3.63, 3.8) is 0 Å². The third-order valence-corrected chi connectivity index (χ3v) is 4.02. The Labute approximate surface area is 144 Å². The van der Waals surface area contributed by atoms with Crippen molar-refractivity contribution in [2.24, 2.45) is 10.7 Å². The molecule has 0 aromatic heterocycles. The third kappa shape index (κ3) is 6.68. The van der Waals surface area contributed by atoms with Gasteiger partial charge < -0.3 is 11.1 Å². The van der Waals surface area contributed by atoms with E-state index in [4.69, 9.17) is 10.9 Å². The largest absolute Gasteiger partial charge is 0.348 e. The van der Waals surface area contributed by atoms with Gasteiger partial charge in [-0.05, 0) is 52.5 Å². The molecule has 0 aliphatic carbocycles. The van der Waals surface area contributed by atoms with Crippen molar-refractivity contribution < 1.29 is 10.0 Å². The molecule has 0 fully saturated rings. The SMILES string of the molecule is CC(=NCCCCC(C)(N)C(=O)NC(C)c1cccc(C)c1)NO. The maximum Gasteiger partial charge on any atom is 0.240 e. The van der Waals surface area contributed by atoms with Crippen molar-refractivity contribution in [1.29, 1.82) is 0 Å². The molecule has 24 heavy (non-hydrogen) atoms.